The average molecular weight is 308 g/mol. The van der Waals surface area contributed by atoms with Crippen LogP contribution in [0.15, 0.2) is 47.0 Å². The van der Waals surface area contributed by atoms with E-state index in [9.17, 15) is 0 Å². The first-order valence-electron chi connectivity index (χ1n) is 7.85. The zero-order valence-corrected chi connectivity index (χ0v) is 13.9. The number of fused-ring (bicyclic) bond motifs is 2. The van der Waals surface area contributed by atoms with Crippen LogP contribution in [0.25, 0.3) is 0 Å². The maximum Gasteiger partial charge on any atom is 0.0762 e. The normalized spacial score (nSPS) is 18.1. The second-order valence-electron chi connectivity index (χ2n) is 6.22. The third-order valence-electron chi connectivity index (χ3n) is 4.41. The molecular formula is C19H20N2S. The summed E-state index contributed by atoms with van der Waals surface area (Å²) in [6.45, 7) is 4.34. The molecule has 0 aliphatic carbocycles. The largest absolute Gasteiger partial charge is 0.302 e. The molecule has 0 saturated carbocycles. The Balaban J connectivity index is 1.90. The van der Waals surface area contributed by atoms with Gasteiger partial charge in [0.2, 0.25) is 0 Å². The fourth-order valence-corrected chi connectivity index (χ4v) is 4.39. The summed E-state index contributed by atoms with van der Waals surface area (Å²) >= 11 is 1.91. The molecule has 0 saturated heterocycles. The van der Waals surface area contributed by atoms with Crippen molar-refractivity contribution in [2.24, 2.45) is 4.99 Å². The van der Waals surface area contributed by atoms with Gasteiger partial charge in [0.25, 0.3) is 0 Å². The van der Waals surface area contributed by atoms with Crippen molar-refractivity contribution in [1.82, 2.24) is 4.90 Å². The van der Waals surface area contributed by atoms with Crippen LogP contribution in [-0.2, 0) is 6.42 Å². The Morgan fingerprint density at radius 3 is 2.95 bits per heavy atom. The van der Waals surface area contributed by atoms with Crippen molar-refractivity contribution in [2.45, 2.75) is 19.8 Å². The molecule has 0 amide bonds. The monoisotopic (exact) mass is 308 g/mol. The van der Waals surface area contributed by atoms with Gasteiger partial charge in [-0.25, -0.2) is 4.99 Å². The van der Waals surface area contributed by atoms with Gasteiger partial charge in [-0.2, -0.15) is 0 Å². The van der Waals surface area contributed by atoms with E-state index < -0.39 is 0 Å². The summed E-state index contributed by atoms with van der Waals surface area (Å²) in [6.07, 6.45) is 4.49. The van der Waals surface area contributed by atoms with Gasteiger partial charge in [-0.3, -0.25) is 0 Å². The Labute approximate surface area is 135 Å². The van der Waals surface area contributed by atoms with Gasteiger partial charge in [0.05, 0.1) is 11.4 Å². The number of rotatable bonds is 1. The number of hydrogen-bond donors (Lipinski definition) is 0. The molecule has 2 aromatic rings. The molecule has 0 fully saturated rings. The van der Waals surface area contributed by atoms with Gasteiger partial charge >= 0.3 is 0 Å². The number of likely N-dealkylation sites (N-methyl/N-ethyl adjacent to an activating group) is 1. The summed E-state index contributed by atoms with van der Waals surface area (Å²) in [7, 11) is 2.19. The van der Waals surface area contributed by atoms with Crippen LogP contribution in [0.5, 0.6) is 0 Å². The fraction of sp³-hybridized carbons (Fsp3) is 0.316. The molecule has 3 heteroatoms. The number of aliphatic imine (C=N–C) groups is 1. The summed E-state index contributed by atoms with van der Waals surface area (Å²) in [5.74, 6) is 0. The molecule has 0 atom stereocenters. The van der Waals surface area contributed by atoms with Crippen LogP contribution in [0, 0.1) is 6.92 Å². The molecule has 1 aromatic carbocycles. The molecule has 0 N–H and O–H groups in total. The molecule has 3 heterocycles. The summed E-state index contributed by atoms with van der Waals surface area (Å²) in [6, 6.07) is 10.9. The topological polar surface area (TPSA) is 15.6 Å². The number of nitrogens with zero attached hydrogens (tertiary/aromatic N) is 2. The van der Waals surface area contributed by atoms with Crippen LogP contribution >= 0.6 is 11.3 Å². The Morgan fingerprint density at radius 1 is 1.23 bits per heavy atom. The quantitative estimate of drug-likeness (QED) is 0.765. The Morgan fingerprint density at radius 2 is 2.09 bits per heavy atom. The van der Waals surface area contributed by atoms with Crippen molar-refractivity contribution in [1.29, 1.82) is 0 Å². The maximum absolute atomic E-state index is 5.08. The molecule has 0 radical (unpaired) electrons. The second-order valence-corrected chi connectivity index (χ2v) is 7.56. The van der Waals surface area contributed by atoms with Crippen LogP contribution in [0.4, 0.5) is 5.69 Å². The first kappa shape index (κ1) is 13.9. The third kappa shape index (κ3) is 2.44. The first-order valence-corrected chi connectivity index (χ1v) is 8.66. The highest BCUT2D eigenvalue weighted by molar-refractivity contribution is 7.12. The molecule has 2 aliphatic rings. The lowest BCUT2D eigenvalue weighted by atomic mass is 9.98. The summed E-state index contributed by atoms with van der Waals surface area (Å²) in [4.78, 5) is 10.3. The van der Waals surface area contributed by atoms with E-state index in [1.54, 1.807) is 0 Å². The minimum atomic E-state index is 0.995. The number of hydrogen-bond acceptors (Lipinski definition) is 3. The molecule has 22 heavy (non-hydrogen) atoms. The molecule has 0 spiro atoms. The molecule has 0 bridgehead atoms. The molecule has 4 rings (SSSR count). The average Bonchev–Trinajstić information content (AvgIpc) is 2.79. The summed E-state index contributed by atoms with van der Waals surface area (Å²) < 4.78 is 0. The second kappa shape index (κ2) is 5.49. The van der Waals surface area contributed by atoms with E-state index in [-0.39, 0.29) is 0 Å². The smallest absolute Gasteiger partial charge is 0.0762 e. The van der Waals surface area contributed by atoms with Crippen LogP contribution in [0.2, 0.25) is 0 Å². The van der Waals surface area contributed by atoms with Crippen LogP contribution in [0.3, 0.4) is 0 Å². The van der Waals surface area contributed by atoms with E-state index in [2.05, 4.69) is 55.3 Å². The number of para-hydroxylation sites is 1. The Kier molecular flexibility index (Phi) is 3.47. The van der Waals surface area contributed by atoms with Crippen molar-refractivity contribution in [3.8, 4) is 0 Å². The van der Waals surface area contributed by atoms with Gasteiger partial charge in [0.15, 0.2) is 0 Å². The van der Waals surface area contributed by atoms with E-state index in [1.807, 2.05) is 11.3 Å². The highest BCUT2D eigenvalue weighted by Gasteiger charge is 2.23. The molecule has 0 unspecified atom stereocenters. The number of thiophene rings is 1. The van der Waals surface area contributed by atoms with Crippen molar-refractivity contribution in [2.75, 3.05) is 20.1 Å². The lowest BCUT2D eigenvalue weighted by molar-refractivity contribution is 0.360. The Bertz CT molecular complexity index is 782. The molecule has 1 aromatic heterocycles. The lowest BCUT2D eigenvalue weighted by Gasteiger charge is -2.23. The molecular weight excluding hydrogens is 288 g/mol. The van der Waals surface area contributed by atoms with Gasteiger partial charge in [0, 0.05) is 34.8 Å². The van der Waals surface area contributed by atoms with E-state index in [0.29, 0.717) is 0 Å². The zero-order valence-electron chi connectivity index (χ0n) is 13.1. The van der Waals surface area contributed by atoms with Gasteiger partial charge in [-0.05, 0) is 43.7 Å². The predicted molar refractivity (Wildman–Crippen MR) is 94.7 cm³/mol. The van der Waals surface area contributed by atoms with E-state index in [4.69, 9.17) is 4.99 Å². The van der Waals surface area contributed by atoms with Gasteiger partial charge in [-0.15, -0.1) is 11.3 Å². The minimum Gasteiger partial charge on any atom is -0.302 e. The first-order chi connectivity index (χ1) is 10.7. The minimum absolute atomic E-state index is 0.995. The SMILES string of the molecule is Cc1cc2c(s1)Cc1ccccc1N=C2C1=CCCN(C)C1. The van der Waals surface area contributed by atoms with Crippen LogP contribution in [-0.4, -0.2) is 30.7 Å². The predicted octanol–water partition coefficient (Wildman–Crippen LogP) is 4.34. The number of aryl methyl sites for hydroxylation is 1. The third-order valence-corrected chi connectivity index (χ3v) is 5.46. The van der Waals surface area contributed by atoms with Crippen molar-refractivity contribution in [3.05, 3.63) is 62.9 Å². The standard InChI is InChI=1S/C19H20N2S/c1-13-10-16-18(22-13)11-14-6-3-4-8-17(14)20-19(16)15-7-5-9-21(2)12-15/h3-4,6-8,10H,5,9,11-12H2,1-2H3. The fourth-order valence-electron chi connectivity index (χ4n) is 3.33. The van der Waals surface area contributed by atoms with Gasteiger partial charge < -0.3 is 4.90 Å². The Hall–Kier alpha value is -1.71. The van der Waals surface area contributed by atoms with E-state index in [1.165, 1.54) is 32.2 Å². The lowest BCUT2D eigenvalue weighted by Crippen LogP contribution is -2.28. The number of benzene rings is 1. The van der Waals surface area contributed by atoms with Crippen molar-refractivity contribution in [3.63, 3.8) is 0 Å². The molecule has 112 valence electrons. The van der Waals surface area contributed by atoms with Crippen molar-refractivity contribution < 1.29 is 0 Å². The van der Waals surface area contributed by atoms with E-state index >= 15 is 0 Å². The van der Waals surface area contributed by atoms with Crippen LogP contribution in [0.1, 0.15) is 27.3 Å². The van der Waals surface area contributed by atoms with Gasteiger partial charge in [0.1, 0.15) is 0 Å². The summed E-state index contributed by atoms with van der Waals surface area (Å²) in [5, 5.41) is 0. The van der Waals surface area contributed by atoms with E-state index in [0.717, 1.165) is 31.6 Å². The van der Waals surface area contributed by atoms with Gasteiger partial charge in [-0.1, -0.05) is 24.3 Å². The maximum atomic E-state index is 5.08. The van der Waals surface area contributed by atoms with Crippen molar-refractivity contribution >= 4 is 22.7 Å². The molecule has 2 aliphatic heterocycles. The molecule has 2 nitrogen and oxygen atoms in total. The zero-order chi connectivity index (χ0) is 15.1. The highest BCUT2D eigenvalue weighted by Crippen LogP contribution is 2.35. The highest BCUT2D eigenvalue weighted by atomic mass is 32.1. The summed E-state index contributed by atoms with van der Waals surface area (Å²) in [5.41, 5.74) is 6.39. The van der Waals surface area contributed by atoms with Crippen LogP contribution < -0.4 is 0 Å².